The Balaban J connectivity index is 1.31. The van der Waals surface area contributed by atoms with Gasteiger partial charge < -0.3 is 15.4 Å². The lowest BCUT2D eigenvalue weighted by Gasteiger charge is -2.30. The summed E-state index contributed by atoms with van der Waals surface area (Å²) in [6.07, 6.45) is 2.81. The lowest BCUT2D eigenvalue weighted by molar-refractivity contribution is -0.120. The molecule has 2 aliphatic heterocycles. The second-order valence-corrected chi connectivity index (χ2v) is 11.8. The Morgan fingerprint density at radius 2 is 1.83 bits per heavy atom. The molecule has 2 aliphatic rings. The number of benzene rings is 2. The van der Waals surface area contributed by atoms with Crippen molar-refractivity contribution >= 4 is 43.5 Å². The molecular weight excluding hydrogens is 534 g/mol. The number of sulfonamides is 1. The third-order valence-electron chi connectivity index (χ3n) is 6.40. The van der Waals surface area contributed by atoms with Crippen LogP contribution in [-0.2, 0) is 25.3 Å². The molecule has 2 amide bonds. The van der Waals surface area contributed by atoms with Crippen molar-refractivity contribution in [2.24, 2.45) is 5.92 Å². The number of para-hydroxylation sites is 1. The van der Waals surface area contributed by atoms with Gasteiger partial charge in [0.25, 0.3) is 5.91 Å². The number of rotatable bonds is 8. The van der Waals surface area contributed by atoms with E-state index in [1.807, 2.05) is 12.1 Å². The first kappa shape index (κ1) is 25.8. The fraction of sp³-hybridized carbons (Fsp3) is 0.440. The summed E-state index contributed by atoms with van der Waals surface area (Å²) in [6.45, 7) is 1.74. The highest BCUT2D eigenvalue weighted by Crippen LogP contribution is 2.25. The van der Waals surface area contributed by atoms with E-state index in [2.05, 4.69) is 26.6 Å². The second kappa shape index (κ2) is 11.6. The second-order valence-electron chi connectivity index (χ2n) is 8.94. The minimum absolute atomic E-state index is 0.0329. The van der Waals surface area contributed by atoms with Crippen LogP contribution in [0, 0.1) is 5.92 Å². The number of piperidine rings is 1. The van der Waals surface area contributed by atoms with E-state index < -0.39 is 10.0 Å². The normalized spacial score (nSPS) is 19.4. The highest BCUT2D eigenvalue weighted by atomic mass is 79.9. The fourth-order valence-electron chi connectivity index (χ4n) is 4.46. The largest absolute Gasteiger partial charge is 0.376 e. The van der Waals surface area contributed by atoms with Crippen molar-refractivity contribution in [3.8, 4) is 0 Å². The van der Waals surface area contributed by atoms with E-state index in [1.54, 1.807) is 36.4 Å². The van der Waals surface area contributed by atoms with Crippen LogP contribution in [0.4, 0.5) is 5.69 Å². The van der Waals surface area contributed by atoms with Crippen LogP contribution < -0.4 is 10.6 Å². The Bertz CT molecular complexity index is 1160. The maximum Gasteiger partial charge on any atom is 0.253 e. The zero-order valence-electron chi connectivity index (χ0n) is 19.4. The molecule has 0 radical (unpaired) electrons. The molecule has 2 N–H and O–H groups in total. The monoisotopic (exact) mass is 563 g/mol. The molecule has 188 valence electrons. The first-order valence-electron chi connectivity index (χ1n) is 11.8. The number of halogens is 1. The Morgan fingerprint density at radius 3 is 2.54 bits per heavy atom. The third kappa shape index (κ3) is 6.91. The first-order valence-corrected chi connectivity index (χ1v) is 14.2. The van der Waals surface area contributed by atoms with E-state index in [0.29, 0.717) is 36.2 Å². The van der Waals surface area contributed by atoms with Crippen LogP contribution in [0.3, 0.4) is 0 Å². The SMILES string of the molecule is O=C(NCC1CCCO1)c1ccccc1NC(=O)C1CCN(S(=O)(=O)Cc2cccc(Br)c2)CC1. The molecule has 8 nitrogen and oxygen atoms in total. The van der Waals surface area contributed by atoms with Crippen molar-refractivity contribution in [1.82, 2.24) is 9.62 Å². The van der Waals surface area contributed by atoms with E-state index in [-0.39, 0.29) is 42.7 Å². The van der Waals surface area contributed by atoms with Crippen molar-refractivity contribution in [3.05, 3.63) is 64.1 Å². The van der Waals surface area contributed by atoms with Gasteiger partial charge in [-0.2, -0.15) is 0 Å². The van der Waals surface area contributed by atoms with E-state index >= 15 is 0 Å². The van der Waals surface area contributed by atoms with E-state index in [9.17, 15) is 18.0 Å². The molecule has 0 aliphatic carbocycles. The van der Waals surface area contributed by atoms with Gasteiger partial charge in [-0.3, -0.25) is 9.59 Å². The molecule has 4 rings (SSSR count). The van der Waals surface area contributed by atoms with Crippen molar-refractivity contribution in [3.63, 3.8) is 0 Å². The molecule has 0 aromatic heterocycles. The van der Waals surface area contributed by atoms with Crippen molar-refractivity contribution < 1.29 is 22.7 Å². The van der Waals surface area contributed by atoms with E-state index in [0.717, 1.165) is 23.9 Å². The molecule has 2 aromatic carbocycles. The Kier molecular flexibility index (Phi) is 8.59. The maximum atomic E-state index is 13.0. The van der Waals surface area contributed by atoms with Crippen molar-refractivity contribution in [2.45, 2.75) is 37.5 Å². The minimum atomic E-state index is -3.47. The standard InChI is InChI=1S/C25H30BrN3O5S/c26-20-6-3-5-18(15-20)17-35(32,33)29-12-10-19(11-13-29)24(30)28-23-9-2-1-8-22(23)25(31)27-16-21-7-4-14-34-21/h1-3,5-6,8-9,15,19,21H,4,7,10-14,16-17H2,(H,27,31)(H,28,30). The van der Waals surface area contributed by atoms with Gasteiger partial charge in [0, 0.05) is 36.6 Å². The van der Waals surface area contributed by atoms with E-state index in [1.165, 1.54) is 4.31 Å². The predicted molar refractivity (Wildman–Crippen MR) is 137 cm³/mol. The summed E-state index contributed by atoms with van der Waals surface area (Å²) in [6, 6.07) is 14.2. The van der Waals surface area contributed by atoms with Crippen LogP contribution in [0.15, 0.2) is 53.0 Å². The molecule has 10 heteroatoms. The van der Waals surface area contributed by atoms with E-state index in [4.69, 9.17) is 4.74 Å². The zero-order chi connectivity index (χ0) is 24.8. The van der Waals surface area contributed by atoms with Crippen LogP contribution in [0.5, 0.6) is 0 Å². The number of hydrogen-bond donors (Lipinski definition) is 2. The zero-order valence-corrected chi connectivity index (χ0v) is 21.8. The highest BCUT2D eigenvalue weighted by Gasteiger charge is 2.31. The van der Waals surface area contributed by atoms with Gasteiger partial charge in [0.1, 0.15) is 0 Å². The summed E-state index contributed by atoms with van der Waals surface area (Å²) in [7, 11) is -3.47. The van der Waals surface area contributed by atoms with Crippen LogP contribution in [0.2, 0.25) is 0 Å². The van der Waals surface area contributed by atoms with Crippen molar-refractivity contribution in [2.75, 3.05) is 31.6 Å². The number of nitrogens with one attached hydrogen (secondary N) is 2. The molecule has 2 heterocycles. The smallest absolute Gasteiger partial charge is 0.253 e. The van der Waals surface area contributed by atoms with Gasteiger partial charge in [0.05, 0.1) is 23.1 Å². The average Bonchev–Trinajstić information content (AvgIpc) is 3.36. The molecule has 2 aromatic rings. The Labute approximate surface area is 214 Å². The first-order chi connectivity index (χ1) is 16.8. The van der Waals surface area contributed by atoms with Gasteiger partial charge in [0.15, 0.2) is 0 Å². The van der Waals surface area contributed by atoms with Crippen LogP contribution in [0.25, 0.3) is 0 Å². The molecule has 0 spiro atoms. The number of anilines is 1. The number of amides is 2. The molecule has 35 heavy (non-hydrogen) atoms. The number of ether oxygens (including phenoxy) is 1. The quantitative estimate of drug-likeness (QED) is 0.511. The average molecular weight is 565 g/mol. The third-order valence-corrected chi connectivity index (χ3v) is 8.74. The summed E-state index contributed by atoms with van der Waals surface area (Å²) in [5.74, 6) is -0.855. The summed E-state index contributed by atoms with van der Waals surface area (Å²) in [5, 5.41) is 5.77. The minimum Gasteiger partial charge on any atom is -0.376 e. The van der Waals surface area contributed by atoms with Gasteiger partial charge >= 0.3 is 0 Å². The molecule has 0 bridgehead atoms. The van der Waals surface area contributed by atoms with Gasteiger partial charge in [-0.15, -0.1) is 0 Å². The molecular formula is C25H30BrN3O5S. The van der Waals surface area contributed by atoms with Crippen LogP contribution in [0.1, 0.15) is 41.6 Å². The van der Waals surface area contributed by atoms with Gasteiger partial charge in [-0.05, 0) is 55.5 Å². The summed E-state index contributed by atoms with van der Waals surface area (Å²) in [5.41, 5.74) is 1.56. The molecule has 0 saturated carbocycles. The van der Waals surface area contributed by atoms with Crippen LogP contribution >= 0.6 is 15.9 Å². The molecule has 1 atom stereocenters. The summed E-state index contributed by atoms with van der Waals surface area (Å²) >= 11 is 3.37. The Hall–Kier alpha value is -2.27. The Morgan fingerprint density at radius 1 is 1.06 bits per heavy atom. The van der Waals surface area contributed by atoms with Gasteiger partial charge in [0.2, 0.25) is 15.9 Å². The highest BCUT2D eigenvalue weighted by molar-refractivity contribution is 9.10. The number of carbonyl (C=O) groups is 2. The van der Waals surface area contributed by atoms with Crippen molar-refractivity contribution in [1.29, 1.82) is 0 Å². The number of hydrogen-bond acceptors (Lipinski definition) is 5. The fourth-order valence-corrected chi connectivity index (χ4v) is 6.45. The lowest BCUT2D eigenvalue weighted by atomic mass is 9.97. The topological polar surface area (TPSA) is 105 Å². The van der Waals surface area contributed by atoms with Gasteiger partial charge in [-0.1, -0.05) is 40.2 Å². The van der Waals surface area contributed by atoms with Gasteiger partial charge in [-0.25, -0.2) is 12.7 Å². The lowest BCUT2D eigenvalue weighted by Crippen LogP contribution is -2.42. The number of nitrogens with zero attached hydrogens (tertiary/aromatic N) is 1. The molecule has 2 fully saturated rings. The summed E-state index contributed by atoms with van der Waals surface area (Å²) < 4.78 is 33.6. The van der Waals surface area contributed by atoms with Crippen LogP contribution in [-0.4, -0.2) is 56.9 Å². The number of carbonyl (C=O) groups excluding carboxylic acids is 2. The molecule has 2 saturated heterocycles. The maximum absolute atomic E-state index is 13.0. The predicted octanol–water partition coefficient (Wildman–Crippen LogP) is 3.54. The molecule has 1 unspecified atom stereocenters. The summed E-state index contributed by atoms with van der Waals surface area (Å²) in [4.78, 5) is 25.7.